The molecular weight excluding hydrogens is 200 g/mol. The van der Waals surface area contributed by atoms with Gasteiger partial charge in [0.15, 0.2) is 0 Å². The summed E-state index contributed by atoms with van der Waals surface area (Å²) in [6.45, 7) is 6.20. The second-order valence-corrected chi connectivity index (χ2v) is 4.44. The van der Waals surface area contributed by atoms with Gasteiger partial charge in [0.2, 0.25) is 0 Å². The first-order valence-electron chi connectivity index (χ1n) is 6.22. The molecule has 0 aromatic carbocycles. The highest BCUT2D eigenvalue weighted by atomic mass is 16.3. The van der Waals surface area contributed by atoms with Crippen LogP contribution in [0.25, 0.3) is 0 Å². The maximum Gasteiger partial charge on any atom is 0.105 e. The Balaban J connectivity index is 2.50. The van der Waals surface area contributed by atoms with Gasteiger partial charge in [0.05, 0.1) is 0 Å². The first-order valence-corrected chi connectivity index (χ1v) is 6.22. The second kappa shape index (κ2) is 6.71. The fraction of sp³-hybridized carbons (Fsp3) is 0.692. The molecule has 0 saturated carbocycles. The highest BCUT2D eigenvalue weighted by molar-refractivity contribution is 5.23. The fourth-order valence-corrected chi connectivity index (χ4v) is 2.10. The van der Waals surface area contributed by atoms with Crippen LogP contribution in [0.15, 0.2) is 10.5 Å². The summed E-state index contributed by atoms with van der Waals surface area (Å²) in [4.78, 5) is 0. The third-order valence-corrected chi connectivity index (χ3v) is 3.00. The molecule has 16 heavy (non-hydrogen) atoms. The van der Waals surface area contributed by atoms with Gasteiger partial charge in [0, 0.05) is 11.6 Å². The normalized spacial score (nSPS) is 13.0. The molecule has 3 nitrogen and oxygen atoms in total. The van der Waals surface area contributed by atoms with E-state index < -0.39 is 0 Å². The Morgan fingerprint density at radius 3 is 2.56 bits per heavy atom. The summed E-state index contributed by atoms with van der Waals surface area (Å²) in [6.07, 6.45) is 6.15. The van der Waals surface area contributed by atoms with E-state index in [1.165, 1.54) is 31.2 Å². The fourth-order valence-electron chi connectivity index (χ4n) is 2.10. The van der Waals surface area contributed by atoms with Gasteiger partial charge in [0.1, 0.15) is 11.5 Å². The number of furan rings is 1. The summed E-state index contributed by atoms with van der Waals surface area (Å²) >= 11 is 0. The Hall–Kier alpha value is -0.800. The van der Waals surface area contributed by atoms with Gasteiger partial charge in [-0.1, -0.05) is 32.6 Å². The Morgan fingerprint density at radius 1 is 1.31 bits per heavy atom. The predicted octanol–water partition coefficient (Wildman–Crippen LogP) is 3.37. The first kappa shape index (κ1) is 13.3. The topological polar surface area (TPSA) is 51.2 Å². The standard InChI is InChI=1S/C13H24N2O/c1-4-5-6-7-8-13(15-14)12-9-10(2)16-11(12)3/h9,13,15H,4-8,14H2,1-3H3. The van der Waals surface area contributed by atoms with Crippen LogP contribution in [0, 0.1) is 13.8 Å². The average Bonchev–Trinajstić information content (AvgIpc) is 2.58. The molecule has 1 aromatic rings. The molecule has 0 aliphatic rings. The lowest BCUT2D eigenvalue weighted by atomic mass is 10.0. The molecule has 0 saturated heterocycles. The number of rotatable bonds is 7. The van der Waals surface area contributed by atoms with Crippen LogP contribution >= 0.6 is 0 Å². The van der Waals surface area contributed by atoms with E-state index in [-0.39, 0.29) is 6.04 Å². The molecule has 92 valence electrons. The van der Waals surface area contributed by atoms with Crippen LogP contribution in [-0.2, 0) is 0 Å². The largest absolute Gasteiger partial charge is 0.466 e. The van der Waals surface area contributed by atoms with E-state index in [4.69, 9.17) is 10.3 Å². The molecule has 0 aliphatic carbocycles. The zero-order chi connectivity index (χ0) is 12.0. The van der Waals surface area contributed by atoms with Crippen molar-refractivity contribution in [1.82, 2.24) is 5.43 Å². The third kappa shape index (κ3) is 3.65. The van der Waals surface area contributed by atoms with Gasteiger partial charge in [-0.15, -0.1) is 0 Å². The van der Waals surface area contributed by atoms with E-state index in [1.807, 2.05) is 13.8 Å². The van der Waals surface area contributed by atoms with E-state index >= 15 is 0 Å². The van der Waals surface area contributed by atoms with Crippen LogP contribution in [0.4, 0.5) is 0 Å². The predicted molar refractivity (Wildman–Crippen MR) is 67.0 cm³/mol. The van der Waals surface area contributed by atoms with Crippen LogP contribution in [0.1, 0.15) is 62.2 Å². The van der Waals surface area contributed by atoms with Gasteiger partial charge < -0.3 is 4.42 Å². The van der Waals surface area contributed by atoms with Crippen molar-refractivity contribution in [2.45, 2.75) is 58.9 Å². The molecule has 1 unspecified atom stereocenters. The lowest BCUT2D eigenvalue weighted by Gasteiger charge is -2.14. The molecular formula is C13H24N2O. The summed E-state index contributed by atoms with van der Waals surface area (Å²) in [6, 6.07) is 2.31. The first-order chi connectivity index (χ1) is 7.69. The van der Waals surface area contributed by atoms with Crippen molar-refractivity contribution >= 4 is 0 Å². The Bertz CT molecular complexity index is 307. The Kier molecular flexibility index (Phi) is 5.56. The maximum absolute atomic E-state index is 5.61. The quantitative estimate of drug-likeness (QED) is 0.424. The molecule has 0 fully saturated rings. The number of nitrogens with two attached hydrogens (primary N) is 1. The monoisotopic (exact) mass is 224 g/mol. The van der Waals surface area contributed by atoms with Crippen molar-refractivity contribution in [1.29, 1.82) is 0 Å². The van der Waals surface area contributed by atoms with Gasteiger partial charge in [-0.05, 0) is 26.3 Å². The summed E-state index contributed by atoms with van der Waals surface area (Å²) < 4.78 is 5.53. The highest BCUT2D eigenvalue weighted by Crippen LogP contribution is 2.25. The minimum atomic E-state index is 0.231. The molecule has 1 rings (SSSR count). The van der Waals surface area contributed by atoms with E-state index in [2.05, 4.69) is 18.4 Å². The van der Waals surface area contributed by atoms with Crippen LogP contribution in [-0.4, -0.2) is 0 Å². The van der Waals surface area contributed by atoms with Crippen LogP contribution < -0.4 is 11.3 Å². The lowest BCUT2D eigenvalue weighted by Crippen LogP contribution is -2.28. The van der Waals surface area contributed by atoms with E-state index in [0.717, 1.165) is 17.9 Å². The van der Waals surface area contributed by atoms with Crippen molar-refractivity contribution in [2.24, 2.45) is 5.84 Å². The Labute approximate surface area is 98.4 Å². The van der Waals surface area contributed by atoms with Crippen LogP contribution in [0.2, 0.25) is 0 Å². The zero-order valence-electron chi connectivity index (χ0n) is 10.7. The number of hydrogen-bond donors (Lipinski definition) is 2. The number of nitrogens with one attached hydrogen (secondary N) is 1. The molecule has 1 aromatic heterocycles. The minimum Gasteiger partial charge on any atom is -0.466 e. The van der Waals surface area contributed by atoms with Gasteiger partial charge >= 0.3 is 0 Å². The maximum atomic E-state index is 5.61. The van der Waals surface area contributed by atoms with Crippen LogP contribution in [0.3, 0.4) is 0 Å². The number of aryl methyl sites for hydroxylation is 2. The summed E-state index contributed by atoms with van der Waals surface area (Å²) in [5, 5.41) is 0. The van der Waals surface area contributed by atoms with Crippen molar-refractivity contribution in [3.05, 3.63) is 23.2 Å². The van der Waals surface area contributed by atoms with E-state index in [1.54, 1.807) is 0 Å². The van der Waals surface area contributed by atoms with Gasteiger partial charge in [-0.3, -0.25) is 11.3 Å². The lowest BCUT2D eigenvalue weighted by molar-refractivity contribution is 0.459. The molecule has 1 heterocycles. The minimum absolute atomic E-state index is 0.231. The smallest absolute Gasteiger partial charge is 0.105 e. The van der Waals surface area contributed by atoms with Crippen molar-refractivity contribution in [3.8, 4) is 0 Å². The van der Waals surface area contributed by atoms with Gasteiger partial charge in [-0.2, -0.15) is 0 Å². The number of hydrazine groups is 1. The van der Waals surface area contributed by atoms with E-state index in [0.29, 0.717) is 0 Å². The molecule has 0 aliphatic heterocycles. The molecule has 1 atom stereocenters. The van der Waals surface area contributed by atoms with Crippen molar-refractivity contribution < 1.29 is 4.42 Å². The second-order valence-electron chi connectivity index (χ2n) is 4.44. The van der Waals surface area contributed by atoms with Crippen molar-refractivity contribution in [3.63, 3.8) is 0 Å². The third-order valence-electron chi connectivity index (χ3n) is 3.00. The number of hydrogen-bond acceptors (Lipinski definition) is 3. The average molecular weight is 224 g/mol. The van der Waals surface area contributed by atoms with Gasteiger partial charge in [0.25, 0.3) is 0 Å². The molecule has 0 bridgehead atoms. The summed E-state index contributed by atoms with van der Waals surface area (Å²) in [5.74, 6) is 7.55. The molecule has 0 spiro atoms. The van der Waals surface area contributed by atoms with Crippen molar-refractivity contribution in [2.75, 3.05) is 0 Å². The molecule has 3 N–H and O–H groups in total. The number of unbranched alkanes of at least 4 members (excludes halogenated alkanes) is 3. The van der Waals surface area contributed by atoms with E-state index in [9.17, 15) is 0 Å². The molecule has 0 radical (unpaired) electrons. The molecule has 3 heteroatoms. The summed E-state index contributed by atoms with van der Waals surface area (Å²) in [7, 11) is 0. The Morgan fingerprint density at radius 2 is 2.06 bits per heavy atom. The zero-order valence-corrected chi connectivity index (χ0v) is 10.7. The summed E-state index contributed by atoms with van der Waals surface area (Å²) in [5.41, 5.74) is 4.09. The van der Waals surface area contributed by atoms with Crippen LogP contribution in [0.5, 0.6) is 0 Å². The highest BCUT2D eigenvalue weighted by Gasteiger charge is 2.15. The molecule has 0 amide bonds. The SMILES string of the molecule is CCCCCCC(NN)c1cc(C)oc1C. The van der Waals surface area contributed by atoms with Gasteiger partial charge in [-0.25, -0.2) is 0 Å².